The van der Waals surface area contributed by atoms with Gasteiger partial charge in [-0.05, 0) is 40.5 Å². The summed E-state index contributed by atoms with van der Waals surface area (Å²) in [5, 5.41) is 0. The number of hydrogen-bond acceptors (Lipinski definition) is 3. The maximum Gasteiger partial charge on any atom is 0.133 e. The van der Waals surface area contributed by atoms with Gasteiger partial charge in [-0.15, -0.1) is 0 Å². The average Bonchev–Trinajstić information content (AvgIpc) is 2.76. The molecule has 5 heteroatoms. The molecule has 1 heterocycles. The zero-order valence-electron chi connectivity index (χ0n) is 11.1. The molecule has 2 N–H and O–H groups in total. The van der Waals surface area contributed by atoms with Crippen LogP contribution in [0.15, 0.2) is 35.1 Å². The van der Waals surface area contributed by atoms with Crippen LogP contribution in [0.5, 0.6) is 5.75 Å². The van der Waals surface area contributed by atoms with E-state index in [1.165, 1.54) is 5.56 Å². The van der Waals surface area contributed by atoms with Gasteiger partial charge in [0.2, 0.25) is 0 Å². The zero-order chi connectivity index (χ0) is 13.8. The predicted octanol–water partition coefficient (Wildman–Crippen LogP) is 2.59. The van der Waals surface area contributed by atoms with E-state index in [9.17, 15) is 0 Å². The molecule has 2 aromatic rings. The molecule has 1 aromatic heterocycles. The van der Waals surface area contributed by atoms with Crippen molar-refractivity contribution in [3.8, 4) is 5.75 Å². The van der Waals surface area contributed by atoms with Crippen molar-refractivity contribution in [2.45, 2.75) is 25.9 Å². The minimum atomic E-state index is 0.115. The zero-order valence-corrected chi connectivity index (χ0v) is 12.7. The standard InChI is InChI=1S/C14H18BrN3O/c1-10(16)7-14-17-5-6-18(14)9-11-3-4-13(19-2)12(15)8-11/h3-6,8,10H,7,9,16H2,1-2H3. The van der Waals surface area contributed by atoms with Crippen molar-refractivity contribution in [1.82, 2.24) is 9.55 Å². The number of rotatable bonds is 5. The van der Waals surface area contributed by atoms with E-state index < -0.39 is 0 Å². The SMILES string of the molecule is COc1ccc(Cn2ccnc2CC(C)N)cc1Br. The number of imidazole rings is 1. The summed E-state index contributed by atoms with van der Waals surface area (Å²) in [6, 6.07) is 6.19. The third-order valence-corrected chi connectivity index (χ3v) is 3.50. The fourth-order valence-corrected chi connectivity index (χ4v) is 2.55. The van der Waals surface area contributed by atoms with Crippen molar-refractivity contribution in [3.05, 3.63) is 46.5 Å². The molecule has 0 fully saturated rings. The van der Waals surface area contributed by atoms with Gasteiger partial charge in [-0.1, -0.05) is 6.07 Å². The van der Waals surface area contributed by atoms with Gasteiger partial charge in [0.05, 0.1) is 11.6 Å². The normalized spacial score (nSPS) is 12.4. The number of nitrogens with two attached hydrogens (primary N) is 1. The summed E-state index contributed by atoms with van der Waals surface area (Å²) in [6.45, 7) is 2.77. The van der Waals surface area contributed by atoms with Gasteiger partial charge in [0, 0.05) is 31.4 Å². The monoisotopic (exact) mass is 323 g/mol. The van der Waals surface area contributed by atoms with Gasteiger partial charge in [-0.2, -0.15) is 0 Å². The average molecular weight is 324 g/mol. The van der Waals surface area contributed by atoms with Gasteiger partial charge in [-0.3, -0.25) is 0 Å². The van der Waals surface area contributed by atoms with E-state index in [4.69, 9.17) is 10.5 Å². The maximum atomic E-state index is 5.83. The molecular weight excluding hydrogens is 306 g/mol. The third-order valence-electron chi connectivity index (χ3n) is 2.88. The number of aromatic nitrogens is 2. The molecule has 1 aromatic carbocycles. The first-order valence-electron chi connectivity index (χ1n) is 6.18. The van der Waals surface area contributed by atoms with Crippen LogP contribution >= 0.6 is 15.9 Å². The lowest BCUT2D eigenvalue weighted by Crippen LogP contribution is -2.20. The first-order chi connectivity index (χ1) is 9.10. The molecule has 0 radical (unpaired) electrons. The summed E-state index contributed by atoms with van der Waals surface area (Å²) < 4.78 is 8.31. The van der Waals surface area contributed by atoms with Crippen molar-refractivity contribution in [2.75, 3.05) is 7.11 Å². The van der Waals surface area contributed by atoms with Crippen LogP contribution in [0.1, 0.15) is 18.3 Å². The Morgan fingerprint density at radius 3 is 2.89 bits per heavy atom. The van der Waals surface area contributed by atoms with Crippen LogP contribution < -0.4 is 10.5 Å². The molecule has 0 aliphatic heterocycles. The molecule has 0 aliphatic rings. The highest BCUT2D eigenvalue weighted by atomic mass is 79.9. The van der Waals surface area contributed by atoms with E-state index in [1.54, 1.807) is 7.11 Å². The van der Waals surface area contributed by atoms with E-state index >= 15 is 0 Å². The van der Waals surface area contributed by atoms with Crippen molar-refractivity contribution >= 4 is 15.9 Å². The summed E-state index contributed by atoms with van der Waals surface area (Å²) >= 11 is 3.50. The van der Waals surface area contributed by atoms with Crippen molar-refractivity contribution in [3.63, 3.8) is 0 Å². The minimum Gasteiger partial charge on any atom is -0.496 e. The molecular formula is C14H18BrN3O. The Morgan fingerprint density at radius 1 is 1.47 bits per heavy atom. The summed E-state index contributed by atoms with van der Waals surface area (Å²) in [6.07, 6.45) is 4.58. The first kappa shape index (κ1) is 14.1. The maximum absolute atomic E-state index is 5.83. The molecule has 4 nitrogen and oxygen atoms in total. The minimum absolute atomic E-state index is 0.115. The molecule has 0 spiro atoms. The number of ether oxygens (including phenoxy) is 1. The second-order valence-electron chi connectivity index (χ2n) is 4.62. The van der Waals surface area contributed by atoms with Crippen LogP contribution in [0.4, 0.5) is 0 Å². The van der Waals surface area contributed by atoms with Gasteiger partial charge in [0.1, 0.15) is 11.6 Å². The Balaban J connectivity index is 2.17. The van der Waals surface area contributed by atoms with Crippen LogP contribution in [0, 0.1) is 0 Å². The first-order valence-corrected chi connectivity index (χ1v) is 6.97. The largest absolute Gasteiger partial charge is 0.496 e. The lowest BCUT2D eigenvalue weighted by molar-refractivity contribution is 0.412. The van der Waals surface area contributed by atoms with Crippen molar-refractivity contribution in [2.24, 2.45) is 5.73 Å². The van der Waals surface area contributed by atoms with Crippen LogP contribution in [0.25, 0.3) is 0 Å². The quantitative estimate of drug-likeness (QED) is 0.920. The predicted molar refractivity (Wildman–Crippen MR) is 79.4 cm³/mol. The Bertz CT molecular complexity index is 551. The Labute approximate surface area is 121 Å². The van der Waals surface area contributed by atoms with Crippen LogP contribution in [-0.4, -0.2) is 22.7 Å². The second-order valence-corrected chi connectivity index (χ2v) is 5.48. The lowest BCUT2D eigenvalue weighted by atomic mass is 10.2. The van der Waals surface area contributed by atoms with Crippen molar-refractivity contribution in [1.29, 1.82) is 0 Å². The topological polar surface area (TPSA) is 53.1 Å². The summed E-state index contributed by atoms with van der Waals surface area (Å²) in [7, 11) is 1.66. The highest BCUT2D eigenvalue weighted by Crippen LogP contribution is 2.26. The summed E-state index contributed by atoms with van der Waals surface area (Å²) in [4.78, 5) is 4.36. The number of benzene rings is 1. The van der Waals surface area contributed by atoms with Gasteiger partial charge >= 0.3 is 0 Å². The van der Waals surface area contributed by atoms with Gasteiger partial charge < -0.3 is 15.0 Å². The highest BCUT2D eigenvalue weighted by molar-refractivity contribution is 9.10. The molecule has 0 saturated carbocycles. The molecule has 1 unspecified atom stereocenters. The third kappa shape index (κ3) is 3.58. The van der Waals surface area contributed by atoms with E-state index in [-0.39, 0.29) is 6.04 Å². The Hall–Kier alpha value is -1.33. The fraction of sp³-hybridized carbons (Fsp3) is 0.357. The lowest BCUT2D eigenvalue weighted by Gasteiger charge is -2.11. The van der Waals surface area contributed by atoms with E-state index in [0.717, 1.165) is 29.0 Å². The molecule has 0 saturated heterocycles. The van der Waals surface area contributed by atoms with Crippen LogP contribution in [0.2, 0.25) is 0 Å². The molecule has 102 valence electrons. The molecule has 0 bridgehead atoms. The summed E-state index contributed by atoms with van der Waals surface area (Å²) in [5.41, 5.74) is 7.02. The second kappa shape index (κ2) is 6.21. The molecule has 2 rings (SSSR count). The molecule has 1 atom stereocenters. The van der Waals surface area contributed by atoms with E-state index in [0.29, 0.717) is 0 Å². The number of halogens is 1. The molecule has 0 amide bonds. The number of nitrogens with zero attached hydrogens (tertiary/aromatic N) is 2. The Morgan fingerprint density at radius 2 is 2.26 bits per heavy atom. The van der Waals surface area contributed by atoms with Gasteiger partial charge in [-0.25, -0.2) is 4.98 Å². The smallest absolute Gasteiger partial charge is 0.133 e. The highest BCUT2D eigenvalue weighted by Gasteiger charge is 2.07. The van der Waals surface area contributed by atoms with Crippen molar-refractivity contribution < 1.29 is 4.74 Å². The number of hydrogen-bond donors (Lipinski definition) is 1. The van der Waals surface area contributed by atoms with E-state index in [1.807, 2.05) is 25.4 Å². The molecule has 19 heavy (non-hydrogen) atoms. The fourth-order valence-electron chi connectivity index (χ4n) is 1.97. The van der Waals surface area contributed by atoms with Crippen LogP contribution in [0.3, 0.4) is 0 Å². The van der Waals surface area contributed by atoms with E-state index in [2.05, 4.69) is 37.6 Å². The van der Waals surface area contributed by atoms with Crippen LogP contribution in [-0.2, 0) is 13.0 Å². The Kier molecular flexibility index (Phi) is 4.61. The van der Waals surface area contributed by atoms with Gasteiger partial charge in [0.15, 0.2) is 0 Å². The molecule has 0 aliphatic carbocycles. The number of methoxy groups -OCH3 is 1. The van der Waals surface area contributed by atoms with Gasteiger partial charge in [0.25, 0.3) is 0 Å². The summed E-state index contributed by atoms with van der Waals surface area (Å²) in [5.74, 6) is 1.85.